The molecule has 6 nitrogen and oxygen atoms in total. The molecule has 3 aromatic rings. The first kappa shape index (κ1) is 18.3. The molecule has 2 amide bonds. The van der Waals surface area contributed by atoms with Crippen LogP contribution in [0.1, 0.15) is 22.5 Å². The number of terminal acetylenes is 1. The quantitative estimate of drug-likeness (QED) is 0.708. The molecule has 2 aromatic heterocycles. The van der Waals surface area contributed by atoms with Gasteiger partial charge < -0.3 is 10.5 Å². The Bertz CT molecular complexity index is 1050. The number of amides is 2. The van der Waals surface area contributed by atoms with E-state index in [0.717, 1.165) is 33.8 Å². The first-order valence-corrected chi connectivity index (χ1v) is 8.58. The number of nitrogens with two attached hydrogens (primary N) is 1. The van der Waals surface area contributed by atoms with Crippen molar-refractivity contribution >= 4 is 17.4 Å². The number of hydrogen-bond donors (Lipinski definition) is 1. The summed E-state index contributed by atoms with van der Waals surface area (Å²) in [6, 6.07) is 8.96. The predicted octanol–water partition coefficient (Wildman–Crippen LogP) is 3.22. The normalized spacial score (nSPS) is 10.6. The van der Waals surface area contributed by atoms with Gasteiger partial charge in [-0.05, 0) is 37.6 Å². The minimum Gasteiger partial charge on any atom is -0.485 e. The summed E-state index contributed by atoms with van der Waals surface area (Å²) in [6.45, 7) is 4.20. The molecular formula is C21H22N4O2. The van der Waals surface area contributed by atoms with Gasteiger partial charge >= 0.3 is 6.03 Å². The number of hydrogen-bond acceptors (Lipinski definition) is 3. The predicted molar refractivity (Wildman–Crippen MR) is 106 cm³/mol. The minimum atomic E-state index is -0.522. The lowest BCUT2D eigenvalue weighted by atomic mass is 10.1. The highest BCUT2D eigenvalue weighted by molar-refractivity contribution is 5.91. The average molecular weight is 362 g/mol. The van der Waals surface area contributed by atoms with Crippen LogP contribution in [0.2, 0.25) is 0 Å². The van der Waals surface area contributed by atoms with Crippen LogP contribution in [0.3, 0.4) is 0 Å². The number of aryl methyl sites for hydroxylation is 2. The third-order valence-corrected chi connectivity index (χ3v) is 4.63. The maximum Gasteiger partial charge on any atom is 0.319 e. The van der Waals surface area contributed by atoms with E-state index in [1.165, 1.54) is 4.90 Å². The van der Waals surface area contributed by atoms with Crippen molar-refractivity contribution in [3.63, 3.8) is 0 Å². The van der Waals surface area contributed by atoms with E-state index in [2.05, 4.69) is 10.9 Å². The number of imidazole rings is 1. The smallest absolute Gasteiger partial charge is 0.319 e. The summed E-state index contributed by atoms with van der Waals surface area (Å²) in [7, 11) is 1.64. The Morgan fingerprint density at radius 3 is 2.81 bits per heavy atom. The fraction of sp³-hybridized carbons (Fsp3) is 0.238. The summed E-state index contributed by atoms with van der Waals surface area (Å²) in [4.78, 5) is 17.6. The Morgan fingerprint density at radius 1 is 1.33 bits per heavy atom. The zero-order chi connectivity index (χ0) is 19.6. The molecule has 0 saturated heterocycles. The van der Waals surface area contributed by atoms with Gasteiger partial charge in [0.25, 0.3) is 0 Å². The van der Waals surface area contributed by atoms with Gasteiger partial charge in [0, 0.05) is 18.8 Å². The molecule has 0 unspecified atom stereocenters. The number of benzene rings is 1. The molecule has 27 heavy (non-hydrogen) atoms. The fourth-order valence-electron chi connectivity index (χ4n) is 3.08. The molecule has 0 aliphatic heterocycles. The van der Waals surface area contributed by atoms with Crippen LogP contribution >= 0.6 is 0 Å². The Labute approximate surface area is 158 Å². The number of carbonyl (C=O) groups is 1. The van der Waals surface area contributed by atoms with Gasteiger partial charge in [-0.1, -0.05) is 12.1 Å². The maximum absolute atomic E-state index is 11.6. The third-order valence-electron chi connectivity index (χ3n) is 4.63. The van der Waals surface area contributed by atoms with Gasteiger partial charge in [-0.25, -0.2) is 9.78 Å². The van der Waals surface area contributed by atoms with Crippen LogP contribution in [-0.2, 0) is 13.0 Å². The molecule has 0 bridgehead atoms. The maximum atomic E-state index is 11.6. The van der Waals surface area contributed by atoms with Gasteiger partial charge in [-0.3, -0.25) is 9.30 Å². The van der Waals surface area contributed by atoms with E-state index in [4.69, 9.17) is 16.9 Å². The summed E-state index contributed by atoms with van der Waals surface area (Å²) < 4.78 is 8.05. The van der Waals surface area contributed by atoms with Crippen LogP contribution in [0.15, 0.2) is 36.5 Å². The second kappa shape index (κ2) is 7.42. The Balaban J connectivity index is 1.96. The molecule has 0 fully saturated rings. The van der Waals surface area contributed by atoms with E-state index in [1.54, 1.807) is 7.05 Å². The topological polar surface area (TPSA) is 72.9 Å². The van der Waals surface area contributed by atoms with Gasteiger partial charge in [0.05, 0.1) is 23.5 Å². The Kier molecular flexibility index (Phi) is 5.04. The lowest BCUT2D eigenvalue weighted by Crippen LogP contribution is -2.32. The minimum absolute atomic E-state index is 0.287. The first-order valence-electron chi connectivity index (χ1n) is 8.58. The monoisotopic (exact) mass is 362 g/mol. The molecule has 6 heteroatoms. The number of ether oxygens (including phenoxy) is 1. The van der Waals surface area contributed by atoms with Gasteiger partial charge in [0.1, 0.15) is 6.61 Å². The lowest BCUT2D eigenvalue weighted by Gasteiger charge is -2.20. The molecule has 0 spiro atoms. The number of pyridine rings is 1. The highest BCUT2D eigenvalue weighted by Gasteiger charge is 2.16. The van der Waals surface area contributed by atoms with Crippen LogP contribution in [0.5, 0.6) is 5.75 Å². The molecule has 138 valence electrons. The van der Waals surface area contributed by atoms with Crippen LogP contribution in [0, 0.1) is 26.2 Å². The van der Waals surface area contributed by atoms with Crippen LogP contribution < -0.4 is 15.4 Å². The molecule has 0 saturated carbocycles. The van der Waals surface area contributed by atoms with E-state index >= 15 is 0 Å². The molecule has 0 aliphatic carbocycles. The van der Waals surface area contributed by atoms with Crippen molar-refractivity contribution in [2.75, 3.05) is 11.9 Å². The van der Waals surface area contributed by atoms with Gasteiger partial charge in [-0.15, -0.1) is 12.3 Å². The molecule has 0 aliphatic rings. The van der Waals surface area contributed by atoms with E-state index in [-0.39, 0.29) is 6.61 Å². The molecule has 2 N–H and O–H groups in total. The molecule has 1 aromatic carbocycles. The van der Waals surface area contributed by atoms with Gasteiger partial charge in [0.15, 0.2) is 11.4 Å². The number of carbonyl (C=O) groups excluding carboxylic acids is 1. The fourth-order valence-corrected chi connectivity index (χ4v) is 3.08. The van der Waals surface area contributed by atoms with E-state index in [9.17, 15) is 4.79 Å². The SMILES string of the molecule is C#CCc1c(C)nc2c(OCc3c(C)cccc3N(C)C(N)=O)cccn12. The van der Waals surface area contributed by atoms with Crippen LogP contribution in [-0.4, -0.2) is 22.5 Å². The van der Waals surface area contributed by atoms with Gasteiger partial charge in [0.2, 0.25) is 0 Å². The average Bonchev–Trinajstić information content (AvgIpc) is 2.96. The standard InChI is InChI=1S/C21H22N4O2/c1-5-8-17-15(3)23-20-19(11-7-12-25(17)20)27-13-16-14(2)9-6-10-18(16)24(4)21(22)26/h1,6-7,9-12H,8,13H2,2-4H3,(H2,22,26). The summed E-state index contributed by atoms with van der Waals surface area (Å²) in [5, 5.41) is 0. The number of urea groups is 1. The van der Waals surface area contributed by atoms with Gasteiger partial charge in [-0.2, -0.15) is 0 Å². The van der Waals surface area contributed by atoms with Crippen molar-refractivity contribution in [1.29, 1.82) is 0 Å². The van der Waals surface area contributed by atoms with Crippen molar-refractivity contribution in [3.8, 4) is 18.1 Å². The summed E-state index contributed by atoms with van der Waals surface area (Å²) in [5.74, 6) is 3.32. The van der Waals surface area contributed by atoms with E-state index in [1.807, 2.05) is 54.8 Å². The van der Waals surface area contributed by atoms with Crippen molar-refractivity contribution < 1.29 is 9.53 Å². The van der Waals surface area contributed by atoms with Crippen molar-refractivity contribution in [2.24, 2.45) is 5.73 Å². The molecule has 3 rings (SSSR count). The highest BCUT2D eigenvalue weighted by Crippen LogP contribution is 2.27. The Hall–Kier alpha value is -3.46. The largest absolute Gasteiger partial charge is 0.485 e. The third kappa shape index (κ3) is 3.44. The molecule has 0 radical (unpaired) electrons. The molecular weight excluding hydrogens is 340 g/mol. The number of aromatic nitrogens is 2. The zero-order valence-electron chi connectivity index (χ0n) is 15.7. The summed E-state index contributed by atoms with van der Waals surface area (Å²) in [5.41, 5.74) is 10.6. The second-order valence-electron chi connectivity index (χ2n) is 6.35. The van der Waals surface area contributed by atoms with E-state index < -0.39 is 6.03 Å². The number of fused-ring (bicyclic) bond motifs is 1. The summed E-state index contributed by atoms with van der Waals surface area (Å²) >= 11 is 0. The first-order chi connectivity index (χ1) is 12.9. The van der Waals surface area contributed by atoms with Crippen molar-refractivity contribution in [1.82, 2.24) is 9.38 Å². The number of nitrogens with zero attached hydrogens (tertiary/aromatic N) is 3. The number of rotatable bonds is 5. The van der Waals surface area contributed by atoms with E-state index in [0.29, 0.717) is 12.2 Å². The van der Waals surface area contributed by atoms with Crippen LogP contribution in [0.25, 0.3) is 5.65 Å². The van der Waals surface area contributed by atoms with Crippen LogP contribution in [0.4, 0.5) is 10.5 Å². The highest BCUT2D eigenvalue weighted by atomic mass is 16.5. The second-order valence-corrected chi connectivity index (χ2v) is 6.35. The lowest BCUT2D eigenvalue weighted by molar-refractivity contribution is 0.255. The Morgan fingerprint density at radius 2 is 2.11 bits per heavy atom. The molecule has 2 heterocycles. The number of anilines is 1. The summed E-state index contributed by atoms with van der Waals surface area (Å²) in [6.07, 6.45) is 7.90. The number of primary amides is 1. The van der Waals surface area contributed by atoms with Crippen molar-refractivity contribution in [3.05, 3.63) is 59.0 Å². The van der Waals surface area contributed by atoms with Crippen molar-refractivity contribution in [2.45, 2.75) is 26.9 Å². The molecule has 0 atom stereocenters. The zero-order valence-corrected chi connectivity index (χ0v) is 15.7.